The average molecular weight is 276 g/mol. The highest BCUT2D eigenvalue weighted by Gasteiger charge is 2.15. The first kappa shape index (κ1) is 16.3. The Balaban J connectivity index is 0.000000411. The van der Waals surface area contributed by atoms with Gasteiger partial charge in [-0.15, -0.1) is 0 Å². The highest BCUT2D eigenvalue weighted by molar-refractivity contribution is 7.46. The molecule has 3 N–H and O–H groups in total. The van der Waals surface area contributed by atoms with Crippen molar-refractivity contribution >= 4 is 13.8 Å². The van der Waals surface area contributed by atoms with Gasteiger partial charge in [-0.1, -0.05) is 29.5 Å². The third-order valence-corrected chi connectivity index (χ3v) is 1.61. The van der Waals surface area contributed by atoms with E-state index in [1.807, 2.05) is 0 Å². The summed E-state index contributed by atoms with van der Waals surface area (Å²) < 4.78 is 13.9. The minimum atomic E-state index is -4.55. The summed E-state index contributed by atoms with van der Waals surface area (Å²) in [6.07, 6.45) is 0. The number of carboxylic acid groups (broad SMARTS) is 1. The highest BCUT2D eigenvalue weighted by Crippen LogP contribution is 2.36. The molecular weight excluding hydrogens is 263 g/mol. The van der Waals surface area contributed by atoms with Crippen LogP contribution < -0.4 is 4.89 Å². The molecule has 0 saturated carbocycles. The van der Waals surface area contributed by atoms with Crippen LogP contribution in [0.3, 0.4) is 0 Å². The zero-order valence-electron chi connectivity index (χ0n) is 9.52. The standard InChI is InChI=1S/C6H7O5P.C4H6O2/c7-12(8,9)11-10-6-4-2-1-3-5-6;1-3(2)4(5)6/h1-5H,(H2,7,8,9);1H2,2H3,(H,5,6). The van der Waals surface area contributed by atoms with Crippen LogP contribution in [0.5, 0.6) is 5.75 Å². The van der Waals surface area contributed by atoms with Crippen molar-refractivity contribution in [1.82, 2.24) is 0 Å². The normalized spacial score (nSPS) is 9.94. The van der Waals surface area contributed by atoms with E-state index in [0.717, 1.165) is 0 Å². The number of rotatable bonds is 4. The fourth-order valence-electron chi connectivity index (χ4n) is 0.568. The molecule has 1 rings (SSSR count). The van der Waals surface area contributed by atoms with E-state index in [-0.39, 0.29) is 11.3 Å². The molecule has 0 saturated heterocycles. The van der Waals surface area contributed by atoms with E-state index >= 15 is 0 Å². The lowest BCUT2D eigenvalue weighted by molar-refractivity contribution is -0.132. The molecule has 100 valence electrons. The summed E-state index contributed by atoms with van der Waals surface area (Å²) in [5.74, 6) is -0.698. The van der Waals surface area contributed by atoms with E-state index in [2.05, 4.69) is 16.1 Å². The van der Waals surface area contributed by atoms with Crippen molar-refractivity contribution in [2.24, 2.45) is 0 Å². The number of benzene rings is 1. The first-order valence-electron chi connectivity index (χ1n) is 4.58. The zero-order chi connectivity index (χ0) is 14.2. The summed E-state index contributed by atoms with van der Waals surface area (Å²) in [5, 5.41) is 7.89. The monoisotopic (exact) mass is 276 g/mol. The Labute approximate surface area is 103 Å². The maximum Gasteiger partial charge on any atom is 0.505 e. The first-order valence-corrected chi connectivity index (χ1v) is 6.11. The number of hydrogen-bond donors (Lipinski definition) is 3. The van der Waals surface area contributed by atoms with E-state index in [9.17, 15) is 9.36 Å². The molecule has 18 heavy (non-hydrogen) atoms. The van der Waals surface area contributed by atoms with Crippen LogP contribution >= 0.6 is 7.82 Å². The summed E-state index contributed by atoms with van der Waals surface area (Å²) in [5.41, 5.74) is 0.176. The van der Waals surface area contributed by atoms with Crippen molar-refractivity contribution in [3.63, 3.8) is 0 Å². The van der Waals surface area contributed by atoms with Gasteiger partial charge in [0, 0.05) is 5.57 Å². The quantitative estimate of drug-likeness (QED) is 0.332. The lowest BCUT2D eigenvalue weighted by atomic mass is 10.3. The number of hydrogen-bond acceptors (Lipinski definition) is 4. The van der Waals surface area contributed by atoms with Gasteiger partial charge in [0.1, 0.15) is 0 Å². The third kappa shape index (κ3) is 9.56. The molecular formula is C10H13O7P. The van der Waals surface area contributed by atoms with E-state index in [1.165, 1.54) is 19.1 Å². The molecule has 0 aliphatic carbocycles. The predicted molar refractivity (Wildman–Crippen MR) is 62.6 cm³/mol. The summed E-state index contributed by atoms with van der Waals surface area (Å²) in [4.78, 5) is 30.4. The van der Waals surface area contributed by atoms with Gasteiger partial charge in [0.2, 0.25) is 0 Å². The summed E-state index contributed by atoms with van der Waals surface area (Å²) >= 11 is 0. The summed E-state index contributed by atoms with van der Waals surface area (Å²) in [6, 6.07) is 8.06. The molecule has 0 aliphatic heterocycles. The van der Waals surface area contributed by atoms with E-state index in [4.69, 9.17) is 14.9 Å². The molecule has 0 spiro atoms. The van der Waals surface area contributed by atoms with Crippen molar-refractivity contribution in [1.29, 1.82) is 0 Å². The lowest BCUT2D eigenvalue weighted by Crippen LogP contribution is -1.93. The van der Waals surface area contributed by atoms with Crippen molar-refractivity contribution < 1.29 is 33.8 Å². The minimum absolute atomic E-state index is 0.176. The molecule has 0 bridgehead atoms. The Morgan fingerprint density at radius 3 is 2.06 bits per heavy atom. The van der Waals surface area contributed by atoms with Crippen molar-refractivity contribution in [2.45, 2.75) is 6.92 Å². The summed E-state index contributed by atoms with van der Waals surface area (Å²) in [7, 11) is -4.55. The van der Waals surface area contributed by atoms with Gasteiger partial charge in [0.25, 0.3) is 0 Å². The van der Waals surface area contributed by atoms with Crippen LogP contribution in [0.2, 0.25) is 0 Å². The van der Waals surface area contributed by atoms with Crippen LogP contribution in [0, 0.1) is 0 Å². The predicted octanol–water partition coefficient (Wildman–Crippen LogP) is 1.74. The number of carbonyl (C=O) groups is 1. The number of para-hydroxylation sites is 1. The van der Waals surface area contributed by atoms with Crippen molar-refractivity contribution in [3.8, 4) is 5.75 Å². The van der Waals surface area contributed by atoms with Crippen LogP contribution in [0.1, 0.15) is 6.92 Å². The molecule has 0 heterocycles. The van der Waals surface area contributed by atoms with Crippen LogP contribution in [0.15, 0.2) is 42.5 Å². The van der Waals surface area contributed by atoms with Crippen molar-refractivity contribution in [3.05, 3.63) is 42.5 Å². The smallest absolute Gasteiger partial charge is 0.478 e. The maximum absolute atomic E-state index is 10.2. The Morgan fingerprint density at radius 1 is 1.28 bits per heavy atom. The second-order valence-corrected chi connectivity index (χ2v) is 4.18. The Morgan fingerprint density at radius 2 is 1.72 bits per heavy atom. The average Bonchev–Trinajstić information content (AvgIpc) is 2.27. The topological polar surface area (TPSA) is 113 Å². The number of aliphatic carboxylic acids is 1. The first-order chi connectivity index (χ1) is 8.22. The van der Waals surface area contributed by atoms with Gasteiger partial charge in [-0.25, -0.2) is 9.36 Å². The molecule has 0 amide bonds. The Hall–Kier alpha value is -1.66. The second kappa shape index (κ2) is 7.62. The van der Waals surface area contributed by atoms with E-state index < -0.39 is 13.8 Å². The zero-order valence-corrected chi connectivity index (χ0v) is 10.4. The largest absolute Gasteiger partial charge is 0.505 e. The summed E-state index contributed by atoms with van der Waals surface area (Å²) in [6.45, 7) is 4.60. The van der Waals surface area contributed by atoms with Crippen molar-refractivity contribution in [2.75, 3.05) is 0 Å². The van der Waals surface area contributed by atoms with Crippen LogP contribution in [0.4, 0.5) is 0 Å². The Bertz CT molecular complexity index is 425. The van der Waals surface area contributed by atoms with E-state index in [1.54, 1.807) is 18.2 Å². The number of phosphoric acid groups is 1. The van der Waals surface area contributed by atoms with Gasteiger partial charge in [-0.05, 0) is 19.1 Å². The van der Waals surface area contributed by atoms with Gasteiger partial charge in [-0.2, -0.15) is 0 Å². The van der Waals surface area contributed by atoms with Crippen LogP contribution in [-0.4, -0.2) is 20.9 Å². The minimum Gasteiger partial charge on any atom is -0.478 e. The van der Waals surface area contributed by atoms with Crippen LogP contribution in [0.25, 0.3) is 0 Å². The molecule has 0 aliphatic rings. The molecule has 0 aromatic heterocycles. The molecule has 8 heteroatoms. The number of carboxylic acids is 1. The second-order valence-electron chi connectivity index (χ2n) is 3.05. The third-order valence-electron chi connectivity index (χ3n) is 1.34. The van der Waals surface area contributed by atoms with Crippen LogP contribution in [-0.2, 0) is 14.0 Å². The van der Waals surface area contributed by atoms with Gasteiger partial charge >= 0.3 is 13.8 Å². The lowest BCUT2D eigenvalue weighted by Gasteiger charge is -2.03. The molecule has 0 radical (unpaired) electrons. The van der Waals surface area contributed by atoms with Gasteiger partial charge < -0.3 is 19.8 Å². The molecule has 0 unspecified atom stereocenters. The molecule has 1 aromatic rings. The molecule has 0 atom stereocenters. The van der Waals surface area contributed by atoms with Gasteiger partial charge in [-0.3, -0.25) is 0 Å². The molecule has 1 aromatic carbocycles. The molecule has 7 nitrogen and oxygen atoms in total. The van der Waals surface area contributed by atoms with E-state index in [0.29, 0.717) is 0 Å². The highest BCUT2D eigenvalue weighted by atomic mass is 31.2. The maximum atomic E-state index is 10.2. The molecule has 0 fully saturated rings. The Kier molecular flexibility index (Phi) is 6.92. The fourth-order valence-corrected chi connectivity index (χ4v) is 0.751. The van der Waals surface area contributed by atoms with Gasteiger partial charge in [0.05, 0.1) is 0 Å². The fraction of sp³-hybridized carbons (Fsp3) is 0.100. The van der Waals surface area contributed by atoms with Gasteiger partial charge in [0.15, 0.2) is 5.75 Å². The SMILES string of the molecule is C=C(C)C(=O)O.O=P(O)(O)OOc1ccccc1.